The SMILES string of the molecule is Cc1nn(C)c(C)c1C(=O)Nc1ccc(-c2cn3cccc(C)c3n2)cc1. The van der Waals surface area contributed by atoms with Gasteiger partial charge < -0.3 is 9.72 Å². The van der Waals surface area contributed by atoms with Crippen molar-refractivity contribution in [2.24, 2.45) is 7.05 Å². The Kier molecular flexibility index (Phi) is 4.03. The molecule has 136 valence electrons. The number of nitrogens with one attached hydrogen (secondary N) is 1. The Hall–Kier alpha value is -3.41. The first kappa shape index (κ1) is 17.0. The topological polar surface area (TPSA) is 64.2 Å². The van der Waals surface area contributed by atoms with E-state index < -0.39 is 0 Å². The number of hydrogen-bond acceptors (Lipinski definition) is 3. The highest BCUT2D eigenvalue weighted by Gasteiger charge is 2.17. The molecule has 27 heavy (non-hydrogen) atoms. The maximum atomic E-state index is 12.6. The van der Waals surface area contributed by atoms with E-state index in [1.54, 1.807) is 4.68 Å². The molecule has 0 saturated heterocycles. The molecule has 4 aromatic rings. The van der Waals surface area contributed by atoms with Gasteiger partial charge >= 0.3 is 0 Å². The second-order valence-corrected chi connectivity index (χ2v) is 6.75. The highest BCUT2D eigenvalue weighted by molar-refractivity contribution is 6.05. The summed E-state index contributed by atoms with van der Waals surface area (Å²) in [5.41, 5.74) is 6.93. The zero-order valence-electron chi connectivity index (χ0n) is 15.8. The van der Waals surface area contributed by atoms with Gasteiger partial charge in [0.2, 0.25) is 0 Å². The first-order valence-electron chi connectivity index (χ1n) is 8.80. The van der Waals surface area contributed by atoms with E-state index in [1.165, 1.54) is 0 Å². The number of pyridine rings is 1. The molecule has 3 aromatic heterocycles. The van der Waals surface area contributed by atoms with Crippen molar-refractivity contribution in [1.82, 2.24) is 19.2 Å². The largest absolute Gasteiger partial charge is 0.322 e. The number of amides is 1. The molecule has 0 radical (unpaired) electrons. The van der Waals surface area contributed by atoms with E-state index in [0.717, 1.165) is 39.5 Å². The predicted octanol–water partition coefficient (Wildman–Crippen LogP) is 3.91. The Morgan fingerprint density at radius 1 is 1.07 bits per heavy atom. The molecule has 0 aliphatic carbocycles. The highest BCUT2D eigenvalue weighted by atomic mass is 16.1. The summed E-state index contributed by atoms with van der Waals surface area (Å²) in [6.07, 6.45) is 4.00. The Morgan fingerprint density at radius 2 is 1.81 bits per heavy atom. The predicted molar refractivity (Wildman–Crippen MR) is 106 cm³/mol. The molecule has 0 aliphatic rings. The fraction of sp³-hybridized carbons (Fsp3) is 0.190. The highest BCUT2D eigenvalue weighted by Crippen LogP contribution is 2.23. The summed E-state index contributed by atoms with van der Waals surface area (Å²) in [4.78, 5) is 17.3. The fourth-order valence-electron chi connectivity index (χ4n) is 3.31. The van der Waals surface area contributed by atoms with Crippen molar-refractivity contribution in [3.05, 3.63) is 71.3 Å². The van der Waals surface area contributed by atoms with Gasteiger partial charge in [0, 0.05) is 36.4 Å². The van der Waals surface area contributed by atoms with Crippen LogP contribution in [0.2, 0.25) is 0 Å². The van der Waals surface area contributed by atoms with Gasteiger partial charge in [-0.05, 0) is 44.5 Å². The number of nitrogens with zero attached hydrogens (tertiary/aromatic N) is 4. The van der Waals surface area contributed by atoms with E-state index >= 15 is 0 Å². The summed E-state index contributed by atoms with van der Waals surface area (Å²) in [5.74, 6) is -0.144. The van der Waals surface area contributed by atoms with E-state index in [-0.39, 0.29) is 5.91 Å². The quantitative estimate of drug-likeness (QED) is 0.603. The second-order valence-electron chi connectivity index (χ2n) is 6.75. The number of carbonyl (C=O) groups excluding carboxylic acids is 1. The Bertz CT molecular complexity index is 1150. The van der Waals surface area contributed by atoms with Crippen LogP contribution in [-0.4, -0.2) is 25.1 Å². The van der Waals surface area contributed by atoms with E-state index in [2.05, 4.69) is 10.4 Å². The lowest BCUT2D eigenvalue weighted by molar-refractivity contribution is 0.102. The summed E-state index contributed by atoms with van der Waals surface area (Å²) in [6.45, 7) is 5.78. The number of aromatic nitrogens is 4. The van der Waals surface area contributed by atoms with Crippen LogP contribution in [0.25, 0.3) is 16.9 Å². The molecule has 1 amide bonds. The Morgan fingerprint density at radius 3 is 2.44 bits per heavy atom. The van der Waals surface area contributed by atoms with Crippen LogP contribution in [0.3, 0.4) is 0 Å². The van der Waals surface area contributed by atoms with Gasteiger partial charge in [-0.1, -0.05) is 18.2 Å². The lowest BCUT2D eigenvalue weighted by atomic mass is 10.1. The van der Waals surface area contributed by atoms with Gasteiger partial charge in [0.15, 0.2) is 0 Å². The number of benzene rings is 1. The van der Waals surface area contributed by atoms with Crippen molar-refractivity contribution in [3.63, 3.8) is 0 Å². The number of anilines is 1. The average molecular weight is 359 g/mol. The normalized spacial score (nSPS) is 11.1. The minimum absolute atomic E-state index is 0.144. The van der Waals surface area contributed by atoms with Gasteiger partial charge in [-0.2, -0.15) is 5.10 Å². The third kappa shape index (κ3) is 2.99. The lowest BCUT2D eigenvalue weighted by Gasteiger charge is -2.06. The summed E-state index contributed by atoms with van der Waals surface area (Å²) in [5, 5.41) is 7.25. The van der Waals surface area contributed by atoms with Crippen LogP contribution in [0.15, 0.2) is 48.8 Å². The van der Waals surface area contributed by atoms with Crippen molar-refractivity contribution in [2.45, 2.75) is 20.8 Å². The molecule has 0 saturated carbocycles. The molecule has 0 fully saturated rings. The van der Waals surface area contributed by atoms with Crippen LogP contribution in [0.5, 0.6) is 0 Å². The van der Waals surface area contributed by atoms with Gasteiger partial charge in [-0.3, -0.25) is 9.48 Å². The van der Waals surface area contributed by atoms with Crippen molar-refractivity contribution in [1.29, 1.82) is 0 Å². The first-order chi connectivity index (χ1) is 12.9. The van der Waals surface area contributed by atoms with Crippen molar-refractivity contribution < 1.29 is 4.79 Å². The van der Waals surface area contributed by atoms with Crippen LogP contribution in [0.4, 0.5) is 5.69 Å². The molecule has 6 heteroatoms. The molecule has 0 aliphatic heterocycles. The molecule has 0 spiro atoms. The smallest absolute Gasteiger partial charge is 0.259 e. The van der Waals surface area contributed by atoms with Gasteiger partial charge in [0.05, 0.1) is 17.0 Å². The van der Waals surface area contributed by atoms with Crippen LogP contribution in [0.1, 0.15) is 27.3 Å². The Balaban J connectivity index is 1.58. The summed E-state index contributed by atoms with van der Waals surface area (Å²) in [7, 11) is 1.84. The van der Waals surface area contributed by atoms with Crippen molar-refractivity contribution in [2.75, 3.05) is 5.32 Å². The monoisotopic (exact) mass is 359 g/mol. The van der Waals surface area contributed by atoms with Crippen LogP contribution >= 0.6 is 0 Å². The minimum atomic E-state index is -0.144. The van der Waals surface area contributed by atoms with Gasteiger partial charge in [-0.15, -0.1) is 0 Å². The van der Waals surface area contributed by atoms with Gasteiger partial charge in [0.1, 0.15) is 5.65 Å². The summed E-state index contributed by atoms with van der Waals surface area (Å²) >= 11 is 0. The molecule has 0 bridgehead atoms. The van der Waals surface area contributed by atoms with Crippen molar-refractivity contribution in [3.8, 4) is 11.3 Å². The lowest BCUT2D eigenvalue weighted by Crippen LogP contribution is -2.14. The molecule has 4 rings (SSSR count). The number of fused-ring (bicyclic) bond motifs is 1. The number of imidazole rings is 1. The standard InChI is InChI=1S/C21H21N5O/c1-13-6-5-11-26-12-18(23-20(13)26)16-7-9-17(10-8-16)22-21(27)19-14(2)24-25(4)15(19)3/h5-12H,1-4H3,(H,22,27). The molecule has 3 heterocycles. The summed E-state index contributed by atoms with van der Waals surface area (Å²) < 4.78 is 3.74. The molecule has 0 unspecified atom stereocenters. The number of rotatable bonds is 3. The van der Waals surface area contributed by atoms with Crippen LogP contribution in [0, 0.1) is 20.8 Å². The van der Waals surface area contributed by atoms with Crippen molar-refractivity contribution >= 4 is 17.2 Å². The number of carbonyl (C=O) groups is 1. The van der Waals surface area contributed by atoms with Gasteiger partial charge in [-0.25, -0.2) is 4.98 Å². The number of aryl methyl sites for hydroxylation is 3. The zero-order chi connectivity index (χ0) is 19.1. The first-order valence-corrected chi connectivity index (χ1v) is 8.80. The van der Waals surface area contributed by atoms with E-state index in [0.29, 0.717) is 5.56 Å². The minimum Gasteiger partial charge on any atom is -0.322 e. The maximum Gasteiger partial charge on any atom is 0.259 e. The molecular weight excluding hydrogens is 338 g/mol. The second kappa shape index (κ2) is 6.39. The van der Waals surface area contributed by atoms with Crippen LogP contribution in [-0.2, 0) is 7.05 Å². The third-order valence-corrected chi connectivity index (χ3v) is 4.85. The summed E-state index contributed by atoms with van der Waals surface area (Å²) in [6, 6.07) is 11.8. The number of hydrogen-bond donors (Lipinski definition) is 1. The Labute approximate surface area is 157 Å². The molecule has 0 atom stereocenters. The van der Waals surface area contributed by atoms with E-state index in [9.17, 15) is 4.79 Å². The van der Waals surface area contributed by atoms with E-state index in [4.69, 9.17) is 4.98 Å². The molecule has 6 nitrogen and oxygen atoms in total. The third-order valence-electron chi connectivity index (χ3n) is 4.85. The fourth-order valence-corrected chi connectivity index (χ4v) is 3.31. The van der Waals surface area contributed by atoms with Crippen LogP contribution < -0.4 is 5.32 Å². The molecule has 1 N–H and O–H groups in total. The molecule has 1 aromatic carbocycles. The van der Waals surface area contributed by atoms with E-state index in [1.807, 2.05) is 81.0 Å². The average Bonchev–Trinajstić information content (AvgIpc) is 3.18. The maximum absolute atomic E-state index is 12.6. The zero-order valence-corrected chi connectivity index (χ0v) is 15.8. The molecular formula is C21H21N5O. The van der Waals surface area contributed by atoms with Gasteiger partial charge in [0.25, 0.3) is 5.91 Å².